The Kier molecular flexibility index (Phi) is 3.05. The van der Waals surface area contributed by atoms with E-state index in [1.165, 1.54) is 19.5 Å². The standard InChI is InChI=1S/C14H23N5O/c15-14(4-2-1-3-5-14)13-16-12(17-20-13)11-10-18-6-8-19(11)9-7-18/h11H,1-10,15H2. The van der Waals surface area contributed by atoms with Crippen molar-refractivity contribution in [1.29, 1.82) is 0 Å². The van der Waals surface area contributed by atoms with Crippen LogP contribution < -0.4 is 5.73 Å². The van der Waals surface area contributed by atoms with Crippen molar-refractivity contribution in [2.45, 2.75) is 43.7 Å². The second kappa shape index (κ2) is 4.79. The maximum absolute atomic E-state index is 6.48. The van der Waals surface area contributed by atoms with Crippen LogP contribution in [0.15, 0.2) is 4.52 Å². The summed E-state index contributed by atoms with van der Waals surface area (Å²) in [7, 11) is 0. The van der Waals surface area contributed by atoms with E-state index in [-0.39, 0.29) is 5.54 Å². The molecule has 2 N–H and O–H groups in total. The first-order chi connectivity index (χ1) is 9.74. The van der Waals surface area contributed by atoms with Gasteiger partial charge < -0.3 is 10.3 Å². The largest absolute Gasteiger partial charge is 0.337 e. The summed E-state index contributed by atoms with van der Waals surface area (Å²) in [5.41, 5.74) is 6.10. The smallest absolute Gasteiger partial charge is 0.246 e. The van der Waals surface area contributed by atoms with E-state index in [4.69, 9.17) is 10.3 Å². The zero-order valence-electron chi connectivity index (χ0n) is 11.9. The summed E-state index contributed by atoms with van der Waals surface area (Å²) < 4.78 is 5.54. The highest BCUT2D eigenvalue weighted by Gasteiger charge is 2.39. The molecule has 6 heteroatoms. The Morgan fingerprint density at radius 3 is 2.50 bits per heavy atom. The van der Waals surface area contributed by atoms with Crippen LogP contribution in [0.25, 0.3) is 0 Å². The number of piperazine rings is 3. The fourth-order valence-corrected chi connectivity index (χ4v) is 3.83. The van der Waals surface area contributed by atoms with Crippen molar-refractivity contribution in [1.82, 2.24) is 19.9 Å². The van der Waals surface area contributed by atoms with Gasteiger partial charge in [-0.05, 0) is 12.8 Å². The molecule has 3 aliphatic heterocycles. The topological polar surface area (TPSA) is 71.4 Å². The minimum absolute atomic E-state index is 0.294. The highest BCUT2D eigenvalue weighted by atomic mass is 16.5. The molecule has 1 aromatic heterocycles. The zero-order valence-corrected chi connectivity index (χ0v) is 11.9. The van der Waals surface area contributed by atoms with E-state index in [9.17, 15) is 0 Å². The fraction of sp³-hybridized carbons (Fsp3) is 0.857. The van der Waals surface area contributed by atoms with Crippen molar-refractivity contribution in [3.05, 3.63) is 11.7 Å². The van der Waals surface area contributed by atoms with E-state index in [0.29, 0.717) is 11.9 Å². The van der Waals surface area contributed by atoms with Gasteiger partial charge in [-0.25, -0.2) is 0 Å². The zero-order chi connectivity index (χ0) is 13.6. The second-order valence-electron chi connectivity index (χ2n) is 6.53. The molecule has 0 amide bonds. The molecule has 1 aromatic rings. The number of rotatable bonds is 2. The molecule has 0 aromatic carbocycles. The van der Waals surface area contributed by atoms with Crippen molar-refractivity contribution >= 4 is 0 Å². The van der Waals surface area contributed by atoms with Gasteiger partial charge in [0.15, 0.2) is 5.82 Å². The van der Waals surface area contributed by atoms with Gasteiger partial charge >= 0.3 is 0 Å². The molecule has 4 aliphatic rings. The van der Waals surface area contributed by atoms with Crippen LogP contribution in [-0.4, -0.2) is 52.7 Å². The second-order valence-corrected chi connectivity index (χ2v) is 6.53. The van der Waals surface area contributed by atoms with Crippen LogP contribution in [-0.2, 0) is 5.54 Å². The third-order valence-corrected chi connectivity index (χ3v) is 5.19. The molecule has 110 valence electrons. The fourth-order valence-electron chi connectivity index (χ4n) is 3.83. The number of nitrogens with two attached hydrogens (primary N) is 1. The molecular formula is C14H23N5O. The number of hydrogen-bond donors (Lipinski definition) is 1. The van der Waals surface area contributed by atoms with Gasteiger partial charge in [-0.1, -0.05) is 24.4 Å². The van der Waals surface area contributed by atoms with Crippen LogP contribution in [0.1, 0.15) is 49.9 Å². The summed E-state index contributed by atoms with van der Waals surface area (Å²) in [6, 6.07) is 0.294. The molecule has 5 rings (SSSR count). The molecule has 3 saturated heterocycles. The Bertz CT molecular complexity index is 474. The van der Waals surface area contributed by atoms with Crippen LogP contribution in [0.4, 0.5) is 0 Å². The highest BCUT2D eigenvalue weighted by molar-refractivity contribution is 5.07. The molecule has 20 heavy (non-hydrogen) atoms. The van der Waals surface area contributed by atoms with Gasteiger partial charge in [-0.15, -0.1) is 0 Å². The van der Waals surface area contributed by atoms with Crippen molar-refractivity contribution < 1.29 is 4.52 Å². The Hall–Kier alpha value is -0.980. The van der Waals surface area contributed by atoms with E-state index in [0.717, 1.165) is 51.1 Å². The van der Waals surface area contributed by atoms with E-state index in [1.54, 1.807) is 0 Å². The van der Waals surface area contributed by atoms with Crippen LogP contribution in [0.2, 0.25) is 0 Å². The molecule has 1 atom stereocenters. The molecule has 0 spiro atoms. The van der Waals surface area contributed by atoms with E-state index in [2.05, 4.69) is 19.9 Å². The summed E-state index contributed by atoms with van der Waals surface area (Å²) in [6.07, 6.45) is 5.53. The Labute approximate surface area is 119 Å². The third kappa shape index (κ3) is 2.06. The number of fused-ring (bicyclic) bond motifs is 3. The van der Waals surface area contributed by atoms with Crippen molar-refractivity contribution in [3.8, 4) is 0 Å². The van der Waals surface area contributed by atoms with Crippen LogP contribution in [0.5, 0.6) is 0 Å². The minimum atomic E-state index is -0.382. The number of aromatic nitrogens is 2. The molecule has 0 radical (unpaired) electrons. The SMILES string of the molecule is NC1(c2nc(C3CN4CCN3CC4)no2)CCCCC1. The first-order valence-corrected chi connectivity index (χ1v) is 7.84. The van der Waals surface area contributed by atoms with Gasteiger partial charge in [0.05, 0.1) is 11.6 Å². The van der Waals surface area contributed by atoms with Gasteiger partial charge in [0.2, 0.25) is 5.89 Å². The summed E-state index contributed by atoms with van der Waals surface area (Å²) in [6.45, 7) is 5.59. The average Bonchev–Trinajstić information content (AvgIpc) is 3.00. The molecule has 1 saturated carbocycles. The number of hydrogen-bond acceptors (Lipinski definition) is 6. The molecule has 6 nitrogen and oxygen atoms in total. The lowest BCUT2D eigenvalue weighted by Crippen LogP contribution is -2.57. The van der Waals surface area contributed by atoms with Crippen molar-refractivity contribution in [2.24, 2.45) is 5.73 Å². The van der Waals surface area contributed by atoms with Gasteiger partial charge in [0.25, 0.3) is 0 Å². The maximum Gasteiger partial charge on any atom is 0.246 e. The Morgan fingerprint density at radius 2 is 1.85 bits per heavy atom. The molecule has 1 aliphatic carbocycles. The maximum atomic E-state index is 6.48. The molecule has 4 fully saturated rings. The average molecular weight is 277 g/mol. The predicted octanol–water partition coefficient (Wildman–Crippen LogP) is 0.860. The quantitative estimate of drug-likeness (QED) is 0.864. The van der Waals surface area contributed by atoms with Gasteiger partial charge in [0.1, 0.15) is 0 Å². The minimum Gasteiger partial charge on any atom is -0.337 e. The lowest BCUT2D eigenvalue weighted by Gasteiger charge is -2.46. The van der Waals surface area contributed by atoms with Crippen LogP contribution >= 0.6 is 0 Å². The monoisotopic (exact) mass is 277 g/mol. The Morgan fingerprint density at radius 1 is 1.10 bits per heavy atom. The van der Waals surface area contributed by atoms with Crippen LogP contribution in [0.3, 0.4) is 0 Å². The van der Waals surface area contributed by atoms with Crippen LogP contribution in [0, 0.1) is 0 Å². The van der Waals surface area contributed by atoms with Crippen molar-refractivity contribution in [2.75, 3.05) is 32.7 Å². The normalized spacial score (nSPS) is 36.1. The first-order valence-electron chi connectivity index (χ1n) is 7.84. The van der Waals surface area contributed by atoms with E-state index in [1.807, 2.05) is 0 Å². The Balaban J connectivity index is 1.56. The lowest BCUT2D eigenvalue weighted by atomic mass is 9.82. The molecule has 1 unspecified atom stereocenters. The van der Waals surface area contributed by atoms with E-state index >= 15 is 0 Å². The van der Waals surface area contributed by atoms with Crippen molar-refractivity contribution in [3.63, 3.8) is 0 Å². The third-order valence-electron chi connectivity index (χ3n) is 5.19. The molecule has 2 bridgehead atoms. The highest BCUT2D eigenvalue weighted by Crippen LogP contribution is 2.35. The predicted molar refractivity (Wildman–Crippen MR) is 74.0 cm³/mol. The summed E-state index contributed by atoms with van der Waals surface area (Å²) >= 11 is 0. The molecule has 4 heterocycles. The molecular weight excluding hydrogens is 254 g/mol. The van der Waals surface area contributed by atoms with E-state index < -0.39 is 0 Å². The first kappa shape index (κ1) is 12.7. The van der Waals surface area contributed by atoms with Gasteiger partial charge in [-0.3, -0.25) is 9.80 Å². The van der Waals surface area contributed by atoms with Gasteiger partial charge in [-0.2, -0.15) is 4.98 Å². The van der Waals surface area contributed by atoms with Gasteiger partial charge in [0, 0.05) is 32.7 Å². The summed E-state index contributed by atoms with van der Waals surface area (Å²) in [5, 5.41) is 4.24. The number of nitrogens with zero attached hydrogens (tertiary/aromatic N) is 4. The summed E-state index contributed by atoms with van der Waals surface area (Å²) in [4.78, 5) is 9.63. The summed E-state index contributed by atoms with van der Waals surface area (Å²) in [5.74, 6) is 1.49. The lowest BCUT2D eigenvalue weighted by molar-refractivity contribution is 0.00780.